The molecule has 0 bridgehead atoms. The molecule has 0 saturated heterocycles. The molecule has 88 valence electrons. The minimum absolute atomic E-state index is 0.113. The summed E-state index contributed by atoms with van der Waals surface area (Å²) in [4.78, 5) is 13.8. The van der Waals surface area contributed by atoms with Crippen molar-refractivity contribution in [3.63, 3.8) is 0 Å². The van der Waals surface area contributed by atoms with E-state index in [1.54, 1.807) is 0 Å². The molecule has 0 unspecified atom stereocenters. The molecule has 0 aromatic carbocycles. The van der Waals surface area contributed by atoms with Crippen LogP contribution in [0.4, 0.5) is 13.2 Å². The number of hydrogen-bond acceptors (Lipinski definition) is 2. The van der Waals surface area contributed by atoms with Crippen molar-refractivity contribution in [1.82, 2.24) is 9.55 Å². The van der Waals surface area contributed by atoms with E-state index in [1.165, 1.54) is 0 Å². The fourth-order valence-electron chi connectivity index (χ4n) is 1.63. The topological polar surface area (TPSA) is 55.1 Å². The second kappa shape index (κ2) is 3.50. The van der Waals surface area contributed by atoms with E-state index >= 15 is 0 Å². The Hall–Kier alpha value is -1.53. The second-order valence-corrected chi connectivity index (χ2v) is 3.74. The normalized spacial score (nSPS) is 16.4. The molecule has 4 nitrogen and oxygen atoms in total. The van der Waals surface area contributed by atoms with E-state index in [4.69, 9.17) is 5.11 Å². The van der Waals surface area contributed by atoms with Crippen molar-refractivity contribution in [2.24, 2.45) is 0 Å². The van der Waals surface area contributed by atoms with E-state index in [9.17, 15) is 18.0 Å². The third-order valence-electron chi connectivity index (χ3n) is 2.37. The van der Waals surface area contributed by atoms with Crippen LogP contribution in [-0.4, -0.2) is 20.6 Å². The monoisotopic (exact) mass is 234 g/mol. The molecule has 0 amide bonds. The Balaban J connectivity index is 2.39. The molecule has 0 atom stereocenters. The first kappa shape index (κ1) is 11.0. The average molecular weight is 234 g/mol. The average Bonchev–Trinajstić information content (AvgIpc) is 2.86. The van der Waals surface area contributed by atoms with Gasteiger partial charge >= 0.3 is 12.1 Å². The highest BCUT2D eigenvalue weighted by Crippen LogP contribution is 2.41. The number of rotatable bonds is 3. The molecule has 0 spiro atoms. The summed E-state index contributed by atoms with van der Waals surface area (Å²) in [5.74, 6) is -2.15. The maximum absolute atomic E-state index is 12.6. The van der Waals surface area contributed by atoms with Gasteiger partial charge in [0.1, 0.15) is 0 Å². The van der Waals surface area contributed by atoms with Gasteiger partial charge in [0.2, 0.25) is 5.82 Å². The summed E-state index contributed by atoms with van der Waals surface area (Å²) < 4.78 is 38.7. The standard InChI is InChI=1S/C9H9F3N2O2/c10-9(11,12)8-13-4-6(3-7(15)16)14(8)5-1-2-5/h4-5H,1-3H2,(H,15,16). The number of alkyl halides is 3. The maximum Gasteiger partial charge on any atom is 0.449 e. The highest BCUT2D eigenvalue weighted by Gasteiger charge is 2.41. The number of hydrogen-bond donors (Lipinski definition) is 1. The van der Waals surface area contributed by atoms with Gasteiger partial charge in [-0.25, -0.2) is 4.98 Å². The number of carboxylic acid groups (broad SMARTS) is 1. The lowest BCUT2D eigenvalue weighted by molar-refractivity contribution is -0.147. The van der Waals surface area contributed by atoms with Crippen LogP contribution in [0.25, 0.3) is 0 Å². The summed E-state index contributed by atoms with van der Waals surface area (Å²) in [7, 11) is 0. The van der Waals surface area contributed by atoms with Crippen molar-refractivity contribution >= 4 is 5.97 Å². The van der Waals surface area contributed by atoms with Crippen LogP contribution in [0.3, 0.4) is 0 Å². The quantitative estimate of drug-likeness (QED) is 0.868. The molecule has 1 aromatic heterocycles. The summed E-state index contributed by atoms with van der Waals surface area (Å²) >= 11 is 0. The molecule has 1 aromatic rings. The van der Waals surface area contributed by atoms with Crippen LogP contribution >= 0.6 is 0 Å². The maximum atomic E-state index is 12.6. The van der Waals surface area contributed by atoms with Crippen LogP contribution in [0, 0.1) is 0 Å². The van der Waals surface area contributed by atoms with Crippen LogP contribution in [-0.2, 0) is 17.4 Å². The van der Waals surface area contributed by atoms with Gasteiger partial charge in [0.25, 0.3) is 0 Å². The fourth-order valence-corrected chi connectivity index (χ4v) is 1.63. The lowest BCUT2D eigenvalue weighted by Crippen LogP contribution is -2.17. The van der Waals surface area contributed by atoms with E-state index in [-0.39, 0.29) is 11.7 Å². The fraction of sp³-hybridized carbons (Fsp3) is 0.556. The summed E-state index contributed by atoms with van der Waals surface area (Å²) in [5, 5.41) is 8.58. The molecule has 0 aliphatic heterocycles. The van der Waals surface area contributed by atoms with Crippen LogP contribution in [0.2, 0.25) is 0 Å². The number of carboxylic acids is 1. The molecule has 16 heavy (non-hydrogen) atoms. The summed E-state index contributed by atoms with van der Waals surface area (Å²) in [5.41, 5.74) is 0.113. The number of carbonyl (C=O) groups is 1. The predicted octanol–water partition coefficient (Wildman–Crippen LogP) is 1.86. The number of nitrogens with zero attached hydrogens (tertiary/aromatic N) is 2. The molecule has 1 N–H and O–H groups in total. The minimum atomic E-state index is -4.53. The van der Waals surface area contributed by atoms with Gasteiger partial charge in [-0.05, 0) is 12.8 Å². The van der Waals surface area contributed by atoms with Gasteiger partial charge in [-0.3, -0.25) is 4.79 Å². The van der Waals surface area contributed by atoms with Gasteiger partial charge in [0, 0.05) is 17.9 Å². The smallest absolute Gasteiger partial charge is 0.449 e. The van der Waals surface area contributed by atoms with Gasteiger partial charge in [0.15, 0.2) is 0 Å². The summed E-state index contributed by atoms with van der Waals surface area (Å²) in [6.45, 7) is 0. The van der Waals surface area contributed by atoms with Crippen molar-refractivity contribution in [3.05, 3.63) is 17.7 Å². The second-order valence-electron chi connectivity index (χ2n) is 3.74. The van der Waals surface area contributed by atoms with Crippen LogP contribution in [0.1, 0.15) is 30.4 Å². The molecule has 2 rings (SSSR count). The number of imidazole rings is 1. The van der Waals surface area contributed by atoms with Crippen molar-refractivity contribution < 1.29 is 23.1 Å². The van der Waals surface area contributed by atoms with Crippen molar-refractivity contribution in [1.29, 1.82) is 0 Å². The van der Waals surface area contributed by atoms with Crippen molar-refractivity contribution in [2.75, 3.05) is 0 Å². The molecule has 1 aliphatic rings. The predicted molar refractivity (Wildman–Crippen MR) is 46.8 cm³/mol. The summed E-state index contributed by atoms with van der Waals surface area (Å²) in [6, 6.07) is -0.242. The first-order valence-corrected chi connectivity index (χ1v) is 4.74. The Kier molecular flexibility index (Phi) is 2.40. The summed E-state index contributed by atoms with van der Waals surface area (Å²) in [6.07, 6.45) is -2.67. The molecule has 1 heterocycles. The van der Waals surface area contributed by atoms with Crippen molar-refractivity contribution in [2.45, 2.75) is 31.5 Å². The lowest BCUT2D eigenvalue weighted by Gasteiger charge is -2.11. The minimum Gasteiger partial charge on any atom is -0.481 e. The van der Waals surface area contributed by atoms with Crippen molar-refractivity contribution in [3.8, 4) is 0 Å². The Morgan fingerprint density at radius 3 is 2.62 bits per heavy atom. The molecule has 0 radical (unpaired) electrons. The van der Waals surface area contributed by atoms with Gasteiger partial charge in [0.05, 0.1) is 6.42 Å². The Labute approximate surface area is 88.7 Å². The van der Waals surface area contributed by atoms with Crippen LogP contribution in [0.15, 0.2) is 6.20 Å². The third kappa shape index (κ3) is 2.02. The Morgan fingerprint density at radius 1 is 1.56 bits per heavy atom. The van der Waals surface area contributed by atoms with E-state index < -0.39 is 24.4 Å². The van der Waals surface area contributed by atoms with E-state index in [1.807, 2.05) is 0 Å². The van der Waals surface area contributed by atoms with E-state index in [0.717, 1.165) is 10.8 Å². The zero-order valence-corrected chi connectivity index (χ0v) is 8.16. The third-order valence-corrected chi connectivity index (χ3v) is 2.37. The molecule has 1 fully saturated rings. The van der Waals surface area contributed by atoms with E-state index in [0.29, 0.717) is 12.8 Å². The Bertz CT molecular complexity index is 421. The molecular weight excluding hydrogens is 225 g/mol. The van der Waals surface area contributed by atoms with Gasteiger partial charge in [-0.2, -0.15) is 13.2 Å². The largest absolute Gasteiger partial charge is 0.481 e. The number of aromatic nitrogens is 2. The van der Waals surface area contributed by atoms with Gasteiger partial charge < -0.3 is 9.67 Å². The molecule has 1 aliphatic carbocycles. The zero-order valence-electron chi connectivity index (χ0n) is 8.16. The zero-order chi connectivity index (χ0) is 11.9. The highest BCUT2D eigenvalue weighted by atomic mass is 19.4. The van der Waals surface area contributed by atoms with Crippen LogP contribution < -0.4 is 0 Å². The number of halogens is 3. The Morgan fingerprint density at radius 2 is 2.19 bits per heavy atom. The number of aliphatic carboxylic acids is 1. The SMILES string of the molecule is O=C(O)Cc1cnc(C(F)(F)F)n1C1CC1. The van der Waals surface area contributed by atoms with Gasteiger partial charge in [-0.1, -0.05) is 0 Å². The lowest BCUT2D eigenvalue weighted by atomic mass is 10.3. The van der Waals surface area contributed by atoms with Crippen LogP contribution in [0.5, 0.6) is 0 Å². The molecular formula is C9H9F3N2O2. The van der Waals surface area contributed by atoms with E-state index in [2.05, 4.69) is 4.98 Å². The first-order valence-electron chi connectivity index (χ1n) is 4.74. The molecule has 7 heteroatoms. The van der Waals surface area contributed by atoms with Gasteiger partial charge in [-0.15, -0.1) is 0 Å². The molecule has 1 saturated carbocycles. The first-order chi connectivity index (χ1) is 7.39. The highest BCUT2D eigenvalue weighted by molar-refractivity contribution is 5.69.